The summed E-state index contributed by atoms with van der Waals surface area (Å²) >= 11 is 5.55. The molecule has 0 aliphatic heterocycles. The monoisotopic (exact) mass is 891 g/mol. The molecule has 5 aromatic rings. The van der Waals surface area contributed by atoms with Crippen molar-refractivity contribution in [1.82, 2.24) is 0 Å². The Morgan fingerprint density at radius 2 is 0.825 bits per heavy atom. The first kappa shape index (κ1) is 46.6. The number of nitrogens with two attached hydrogens (primary N) is 2. The number of rotatable bonds is 9. The minimum atomic E-state index is -4.70. The normalized spacial score (nSPS) is 11.1. The van der Waals surface area contributed by atoms with E-state index in [0.29, 0.717) is 22.2 Å². The number of alkyl halides is 6. The lowest BCUT2D eigenvalue weighted by atomic mass is 10.2. The van der Waals surface area contributed by atoms with Crippen LogP contribution in [0.5, 0.6) is 0 Å². The smallest absolute Gasteiger partial charge is 0.398 e. The van der Waals surface area contributed by atoms with E-state index in [1.54, 1.807) is 26.0 Å². The van der Waals surface area contributed by atoms with E-state index in [1.807, 2.05) is 25.1 Å². The van der Waals surface area contributed by atoms with Crippen LogP contribution >= 0.6 is 54.8 Å². The maximum absolute atomic E-state index is 12.7. The van der Waals surface area contributed by atoms with E-state index < -0.39 is 43.9 Å². The minimum absolute atomic E-state index is 0.0297. The number of nitro groups is 3. The number of nitrogen functional groups attached to an aromatic ring is 2. The second-order valence-electron chi connectivity index (χ2n) is 11.5. The maximum atomic E-state index is 12.7. The van der Waals surface area contributed by atoms with Crippen LogP contribution < -0.4 is 11.5 Å². The van der Waals surface area contributed by atoms with Gasteiger partial charge in [0.05, 0.1) is 35.7 Å². The van der Waals surface area contributed by atoms with Gasteiger partial charge in [0.15, 0.2) is 0 Å². The Morgan fingerprint density at radius 3 is 1.25 bits per heavy atom. The quantitative estimate of drug-likeness (QED) is 0.0470. The first-order valence-electron chi connectivity index (χ1n) is 15.5. The van der Waals surface area contributed by atoms with E-state index in [2.05, 4.69) is 0 Å². The lowest BCUT2D eigenvalue weighted by Crippen LogP contribution is -2.05. The summed E-state index contributed by atoms with van der Waals surface area (Å²) < 4.78 is 75.7. The van der Waals surface area contributed by atoms with Crippen molar-refractivity contribution in [1.29, 1.82) is 0 Å². The zero-order chi connectivity index (χ0) is 42.8. The Kier molecular flexibility index (Phi) is 16.4. The zero-order valence-electron chi connectivity index (χ0n) is 29.4. The van der Waals surface area contributed by atoms with Gasteiger partial charge in [-0.3, -0.25) is 30.3 Å². The van der Waals surface area contributed by atoms with E-state index in [1.165, 1.54) is 51.9 Å². The van der Waals surface area contributed by atoms with Crippen LogP contribution in [0.1, 0.15) is 27.8 Å². The molecular weight excluding hydrogens is 864 g/mol. The summed E-state index contributed by atoms with van der Waals surface area (Å²) in [7, 11) is 4.31. The van der Waals surface area contributed by atoms with Gasteiger partial charge in [0, 0.05) is 39.4 Å². The molecule has 0 atom stereocenters. The molecule has 0 spiro atoms. The van der Waals surface area contributed by atoms with Crippen LogP contribution in [0.3, 0.4) is 0 Å². The SMILES string of the molecule is Cc1ccc(Cl)c([N+](=O)[O-])c1.Cc1ccc(SSc2ccc(C(F)(F)F)cc2N)c(N)c1.Cc1ccc(SSc2ccc(C(F)(F)F)cc2[N+](=O)[O-])c([N+](=O)[O-])c1. The second-order valence-corrected chi connectivity index (χ2v) is 16.3. The van der Waals surface area contributed by atoms with Gasteiger partial charge < -0.3 is 11.5 Å². The second kappa shape index (κ2) is 20.0. The molecule has 302 valence electrons. The summed E-state index contributed by atoms with van der Waals surface area (Å²) in [4.78, 5) is 32.1. The van der Waals surface area contributed by atoms with Crippen molar-refractivity contribution in [3.8, 4) is 0 Å². The van der Waals surface area contributed by atoms with Crippen molar-refractivity contribution in [2.45, 2.75) is 52.7 Å². The fourth-order valence-electron chi connectivity index (χ4n) is 4.23. The predicted octanol–water partition coefficient (Wildman–Crippen LogP) is 13.2. The van der Waals surface area contributed by atoms with Crippen LogP contribution in [0.15, 0.2) is 111 Å². The Labute approximate surface area is 341 Å². The lowest BCUT2D eigenvalue weighted by molar-refractivity contribution is -0.388. The summed E-state index contributed by atoms with van der Waals surface area (Å²) in [6.45, 7) is 5.39. The average Bonchev–Trinajstić information content (AvgIpc) is 3.11. The summed E-state index contributed by atoms with van der Waals surface area (Å²) in [6.07, 6.45) is -9.08. The summed E-state index contributed by atoms with van der Waals surface area (Å²) in [5, 5.41) is 32.6. The topological polar surface area (TPSA) is 181 Å². The predicted molar refractivity (Wildman–Crippen MR) is 214 cm³/mol. The molecule has 57 heavy (non-hydrogen) atoms. The van der Waals surface area contributed by atoms with Gasteiger partial charge in [-0.15, -0.1) is 0 Å². The molecule has 0 saturated carbocycles. The molecular formula is C35H28ClF6N5O6S4. The van der Waals surface area contributed by atoms with Crippen LogP contribution in [0.25, 0.3) is 0 Å². The van der Waals surface area contributed by atoms with Crippen molar-refractivity contribution < 1.29 is 41.1 Å². The molecule has 0 bridgehead atoms. The Bertz CT molecular complexity index is 2290. The number of hydrogen-bond donors (Lipinski definition) is 2. The summed E-state index contributed by atoms with van der Waals surface area (Å²) in [6, 6.07) is 20.3. The van der Waals surface area contributed by atoms with Crippen LogP contribution in [-0.4, -0.2) is 14.8 Å². The van der Waals surface area contributed by atoms with Gasteiger partial charge in [0.25, 0.3) is 17.1 Å². The number of benzene rings is 5. The first-order chi connectivity index (χ1) is 26.5. The van der Waals surface area contributed by atoms with Crippen molar-refractivity contribution in [3.05, 3.63) is 154 Å². The molecule has 11 nitrogen and oxygen atoms in total. The number of aryl methyl sites for hydroxylation is 3. The van der Waals surface area contributed by atoms with Gasteiger partial charge in [0.1, 0.15) is 5.02 Å². The Hall–Kier alpha value is -4.83. The highest BCUT2D eigenvalue weighted by molar-refractivity contribution is 8.77. The fraction of sp³-hybridized carbons (Fsp3) is 0.143. The first-order valence-corrected chi connectivity index (χ1v) is 20.2. The van der Waals surface area contributed by atoms with Crippen molar-refractivity contribution in [2.75, 3.05) is 11.5 Å². The van der Waals surface area contributed by atoms with Gasteiger partial charge in [-0.1, -0.05) is 51.4 Å². The molecule has 22 heteroatoms. The molecule has 0 aliphatic carbocycles. The molecule has 0 aromatic heterocycles. The van der Waals surface area contributed by atoms with Crippen molar-refractivity contribution in [2.24, 2.45) is 0 Å². The number of hydrogen-bond acceptors (Lipinski definition) is 12. The zero-order valence-corrected chi connectivity index (χ0v) is 33.4. The van der Waals surface area contributed by atoms with E-state index in [-0.39, 0.29) is 31.9 Å². The number of halogens is 7. The fourth-order valence-corrected chi connectivity index (χ4v) is 8.86. The molecule has 0 amide bonds. The molecule has 0 aliphatic rings. The van der Waals surface area contributed by atoms with E-state index >= 15 is 0 Å². The van der Waals surface area contributed by atoms with Gasteiger partial charge in [0.2, 0.25) is 0 Å². The Balaban J connectivity index is 0.000000245. The molecule has 0 saturated heterocycles. The number of nitro benzene ring substituents is 3. The van der Waals surface area contributed by atoms with Crippen LogP contribution in [0.2, 0.25) is 5.02 Å². The highest BCUT2D eigenvalue weighted by Crippen LogP contribution is 2.47. The van der Waals surface area contributed by atoms with Gasteiger partial charge in [-0.2, -0.15) is 26.3 Å². The van der Waals surface area contributed by atoms with E-state index in [0.717, 1.165) is 61.9 Å². The number of anilines is 2. The standard InChI is InChI=1S/C14H9F3N2O4S2.C14H13F3N2S2.C7H6ClNO2/c1-8-2-4-12(10(6-8)18(20)21)24-25-13-5-3-9(14(15,16)17)7-11(13)19(22)23;1-8-2-4-12(10(18)6-8)20-21-13-5-3-9(7-11(13)19)14(15,16)17;1-5-2-3-6(8)7(4-5)9(10)11/h2-7H,1H3;2-7H,18-19H2,1H3;2-4H,1H3. The minimum Gasteiger partial charge on any atom is -0.398 e. The largest absolute Gasteiger partial charge is 0.416 e. The molecule has 0 fully saturated rings. The molecule has 0 heterocycles. The third-order valence-electron chi connectivity index (χ3n) is 7.04. The van der Waals surface area contributed by atoms with Gasteiger partial charge >= 0.3 is 12.4 Å². The van der Waals surface area contributed by atoms with Crippen molar-refractivity contribution in [3.63, 3.8) is 0 Å². The van der Waals surface area contributed by atoms with E-state index in [4.69, 9.17) is 23.1 Å². The van der Waals surface area contributed by atoms with E-state index in [9.17, 15) is 56.7 Å². The molecule has 0 unspecified atom stereocenters. The lowest BCUT2D eigenvalue weighted by Gasteiger charge is -2.11. The molecule has 4 N–H and O–H groups in total. The summed E-state index contributed by atoms with van der Waals surface area (Å²) in [5.74, 6) is 0. The third-order valence-corrected chi connectivity index (χ3v) is 12.3. The number of nitrogens with zero attached hydrogens (tertiary/aromatic N) is 3. The molecule has 5 rings (SSSR count). The van der Waals surface area contributed by atoms with Crippen molar-refractivity contribution >= 4 is 83.2 Å². The highest BCUT2D eigenvalue weighted by Gasteiger charge is 2.33. The van der Waals surface area contributed by atoms with Gasteiger partial charge in [-0.25, -0.2) is 0 Å². The maximum Gasteiger partial charge on any atom is 0.416 e. The molecule has 5 aromatic carbocycles. The van der Waals surface area contributed by atoms with Crippen LogP contribution in [-0.2, 0) is 12.4 Å². The Morgan fingerprint density at radius 1 is 0.491 bits per heavy atom. The van der Waals surface area contributed by atoms with Gasteiger partial charge in [-0.05, 0) is 114 Å². The third kappa shape index (κ3) is 14.0. The van der Waals surface area contributed by atoms with Crippen LogP contribution in [0.4, 0.5) is 54.8 Å². The highest BCUT2D eigenvalue weighted by atomic mass is 35.5. The van der Waals surface area contributed by atoms with Crippen LogP contribution in [0, 0.1) is 51.1 Å². The average molecular weight is 892 g/mol. The molecule has 0 radical (unpaired) electrons. The summed E-state index contributed by atoms with van der Waals surface area (Å²) in [5.41, 5.74) is 12.1.